The Hall–Kier alpha value is -2.15. The van der Waals surface area contributed by atoms with E-state index in [4.69, 9.17) is 5.11 Å². The zero-order chi connectivity index (χ0) is 15.5. The maximum absolute atomic E-state index is 11.8. The van der Waals surface area contributed by atoms with Crippen molar-refractivity contribution in [3.63, 3.8) is 0 Å². The number of benzene rings is 1. The lowest BCUT2D eigenvalue weighted by Crippen LogP contribution is -2.16. The van der Waals surface area contributed by atoms with Gasteiger partial charge in [-0.1, -0.05) is 0 Å². The molecule has 0 aliphatic rings. The average molecular weight is 297 g/mol. The van der Waals surface area contributed by atoms with Crippen molar-refractivity contribution in [2.75, 3.05) is 11.6 Å². The molecule has 0 heterocycles. The maximum Gasteiger partial charge on any atom is 0.331 e. The summed E-state index contributed by atoms with van der Waals surface area (Å²) in [6, 6.07) is 5.62. The molecule has 0 radical (unpaired) electrons. The number of carbonyl (C=O) groups is 2. The second kappa shape index (κ2) is 5.87. The van der Waals surface area contributed by atoms with E-state index in [1.54, 1.807) is 0 Å². The minimum atomic E-state index is -3.29. The van der Waals surface area contributed by atoms with Gasteiger partial charge < -0.3 is 10.4 Å². The summed E-state index contributed by atoms with van der Waals surface area (Å²) in [5.41, 5.74) is 0.430. The SMILES string of the molecule is CC(C(=O)O)=C(C)C(=O)Nc1ccc(S(C)(=O)=O)cc1. The molecule has 0 fully saturated rings. The Morgan fingerprint density at radius 1 is 1.05 bits per heavy atom. The molecule has 0 aliphatic carbocycles. The van der Waals surface area contributed by atoms with Gasteiger partial charge in [0, 0.05) is 23.1 Å². The molecule has 7 heteroatoms. The monoisotopic (exact) mass is 297 g/mol. The van der Waals surface area contributed by atoms with E-state index in [2.05, 4.69) is 5.32 Å². The van der Waals surface area contributed by atoms with Crippen LogP contribution in [0.5, 0.6) is 0 Å². The van der Waals surface area contributed by atoms with Crippen molar-refractivity contribution in [1.82, 2.24) is 0 Å². The molecule has 0 unspecified atom stereocenters. The van der Waals surface area contributed by atoms with Crippen LogP contribution in [0.3, 0.4) is 0 Å². The van der Waals surface area contributed by atoms with E-state index >= 15 is 0 Å². The molecular formula is C13H15NO5S. The summed E-state index contributed by atoms with van der Waals surface area (Å²) in [5, 5.41) is 11.3. The zero-order valence-corrected chi connectivity index (χ0v) is 12.1. The highest BCUT2D eigenvalue weighted by Gasteiger charge is 2.13. The number of nitrogens with one attached hydrogen (secondary N) is 1. The van der Waals surface area contributed by atoms with Gasteiger partial charge in [-0.15, -0.1) is 0 Å². The molecule has 20 heavy (non-hydrogen) atoms. The third kappa shape index (κ3) is 3.92. The minimum absolute atomic E-state index is 0.0461. The van der Waals surface area contributed by atoms with Gasteiger partial charge in [-0.05, 0) is 38.1 Å². The molecule has 108 valence electrons. The molecule has 1 aromatic carbocycles. The van der Waals surface area contributed by atoms with E-state index in [1.165, 1.54) is 38.1 Å². The topological polar surface area (TPSA) is 101 Å². The number of rotatable bonds is 4. The van der Waals surface area contributed by atoms with Crippen molar-refractivity contribution < 1.29 is 23.1 Å². The van der Waals surface area contributed by atoms with Crippen LogP contribution in [0.25, 0.3) is 0 Å². The highest BCUT2D eigenvalue weighted by Crippen LogP contribution is 2.15. The summed E-state index contributed by atoms with van der Waals surface area (Å²) in [7, 11) is -3.29. The van der Waals surface area contributed by atoms with Crippen LogP contribution in [-0.4, -0.2) is 31.7 Å². The maximum atomic E-state index is 11.8. The van der Waals surface area contributed by atoms with Gasteiger partial charge in [0.05, 0.1) is 4.90 Å². The molecule has 0 saturated heterocycles. The smallest absolute Gasteiger partial charge is 0.331 e. The van der Waals surface area contributed by atoms with Crippen LogP contribution in [0.1, 0.15) is 13.8 Å². The van der Waals surface area contributed by atoms with E-state index in [1.807, 2.05) is 0 Å². The fraction of sp³-hybridized carbons (Fsp3) is 0.231. The van der Waals surface area contributed by atoms with Gasteiger partial charge in [0.2, 0.25) is 0 Å². The summed E-state index contributed by atoms with van der Waals surface area (Å²) in [6.07, 6.45) is 1.09. The lowest BCUT2D eigenvalue weighted by molar-refractivity contribution is -0.133. The summed E-state index contributed by atoms with van der Waals surface area (Å²) < 4.78 is 22.6. The van der Waals surface area contributed by atoms with E-state index < -0.39 is 21.7 Å². The Labute approximate surface area is 117 Å². The molecule has 1 aromatic rings. The highest BCUT2D eigenvalue weighted by molar-refractivity contribution is 7.90. The van der Waals surface area contributed by atoms with Gasteiger partial charge in [0.15, 0.2) is 9.84 Å². The number of aliphatic carboxylic acids is 1. The van der Waals surface area contributed by atoms with Crippen molar-refractivity contribution in [2.24, 2.45) is 0 Å². The largest absolute Gasteiger partial charge is 0.478 e. The Bertz CT molecular complexity index is 671. The van der Waals surface area contributed by atoms with Gasteiger partial charge in [-0.2, -0.15) is 0 Å². The van der Waals surface area contributed by atoms with Gasteiger partial charge in [-0.3, -0.25) is 4.79 Å². The first-order valence-corrected chi connectivity index (χ1v) is 7.54. The molecule has 0 aliphatic heterocycles. The van der Waals surface area contributed by atoms with Crippen LogP contribution < -0.4 is 5.32 Å². The number of anilines is 1. The van der Waals surface area contributed by atoms with Crippen molar-refractivity contribution in [1.29, 1.82) is 0 Å². The van der Waals surface area contributed by atoms with E-state index in [0.717, 1.165) is 6.26 Å². The number of amides is 1. The van der Waals surface area contributed by atoms with Crippen molar-refractivity contribution in [3.05, 3.63) is 35.4 Å². The summed E-state index contributed by atoms with van der Waals surface area (Å²) >= 11 is 0. The predicted octanol–water partition coefficient (Wildman–Crippen LogP) is 1.45. The first-order valence-electron chi connectivity index (χ1n) is 5.65. The standard InChI is InChI=1S/C13H15NO5S/c1-8(9(2)13(16)17)12(15)14-10-4-6-11(7-5-10)20(3,18)19/h4-7H,1-3H3,(H,14,15)(H,16,17). The van der Waals surface area contributed by atoms with Crippen molar-refractivity contribution >= 4 is 27.4 Å². The van der Waals surface area contributed by atoms with Crippen LogP contribution in [0, 0.1) is 0 Å². The van der Waals surface area contributed by atoms with Crippen molar-refractivity contribution in [3.8, 4) is 0 Å². The zero-order valence-electron chi connectivity index (χ0n) is 11.3. The van der Waals surface area contributed by atoms with Gasteiger partial charge in [0.1, 0.15) is 0 Å². The Balaban J connectivity index is 2.93. The first-order chi connectivity index (χ1) is 9.12. The normalized spacial score (nSPS) is 12.6. The summed E-state index contributed by atoms with van der Waals surface area (Å²) in [4.78, 5) is 22.7. The van der Waals surface area contributed by atoms with Crippen LogP contribution >= 0.6 is 0 Å². The molecule has 0 spiro atoms. The fourth-order valence-electron chi connectivity index (χ4n) is 1.34. The fourth-order valence-corrected chi connectivity index (χ4v) is 1.97. The van der Waals surface area contributed by atoms with E-state index in [9.17, 15) is 18.0 Å². The number of sulfone groups is 1. The highest BCUT2D eigenvalue weighted by atomic mass is 32.2. The molecule has 0 aromatic heterocycles. The van der Waals surface area contributed by atoms with Crippen LogP contribution in [0.2, 0.25) is 0 Å². The second-order valence-corrected chi connectivity index (χ2v) is 6.32. The molecule has 0 atom stereocenters. The van der Waals surface area contributed by atoms with Gasteiger partial charge in [-0.25, -0.2) is 13.2 Å². The quantitative estimate of drug-likeness (QED) is 0.819. The molecule has 1 amide bonds. The summed E-state index contributed by atoms with van der Waals surface area (Å²) in [5.74, 6) is -1.71. The first kappa shape index (κ1) is 15.9. The molecule has 0 saturated carbocycles. The minimum Gasteiger partial charge on any atom is -0.478 e. The average Bonchev–Trinajstić information content (AvgIpc) is 2.36. The van der Waals surface area contributed by atoms with Crippen molar-refractivity contribution in [2.45, 2.75) is 18.7 Å². The third-order valence-electron chi connectivity index (χ3n) is 2.76. The number of carbonyl (C=O) groups excluding carboxylic acids is 1. The van der Waals surface area contributed by atoms with Gasteiger partial charge in [0.25, 0.3) is 5.91 Å². The molecular weight excluding hydrogens is 282 g/mol. The number of hydrogen-bond donors (Lipinski definition) is 2. The number of carboxylic acids is 1. The third-order valence-corrected chi connectivity index (χ3v) is 3.89. The molecule has 6 nitrogen and oxygen atoms in total. The predicted molar refractivity (Wildman–Crippen MR) is 74.2 cm³/mol. The lowest BCUT2D eigenvalue weighted by atomic mass is 10.1. The van der Waals surface area contributed by atoms with Gasteiger partial charge >= 0.3 is 5.97 Å². The molecule has 0 bridgehead atoms. The van der Waals surface area contributed by atoms with Crippen LogP contribution in [-0.2, 0) is 19.4 Å². The summed E-state index contributed by atoms with van der Waals surface area (Å²) in [6.45, 7) is 2.74. The Morgan fingerprint density at radius 2 is 1.55 bits per heavy atom. The van der Waals surface area contributed by atoms with Crippen LogP contribution in [0.15, 0.2) is 40.3 Å². The van der Waals surface area contributed by atoms with E-state index in [0.29, 0.717) is 5.69 Å². The van der Waals surface area contributed by atoms with Crippen LogP contribution in [0.4, 0.5) is 5.69 Å². The van der Waals surface area contributed by atoms with E-state index in [-0.39, 0.29) is 16.0 Å². The lowest BCUT2D eigenvalue weighted by Gasteiger charge is -2.07. The number of carboxylic acid groups (broad SMARTS) is 1. The molecule has 2 N–H and O–H groups in total. The molecule has 1 rings (SSSR count). The second-order valence-electron chi connectivity index (χ2n) is 4.31. The Morgan fingerprint density at radius 3 is 1.95 bits per heavy atom. The number of hydrogen-bond acceptors (Lipinski definition) is 4. The Kier molecular flexibility index (Phi) is 4.67.